The van der Waals surface area contributed by atoms with Crippen LogP contribution < -0.4 is 5.32 Å². The molecule has 0 bridgehead atoms. The molecule has 2 fully saturated rings. The van der Waals surface area contributed by atoms with E-state index in [2.05, 4.69) is 10.3 Å². The number of hydrogen-bond donors (Lipinski definition) is 1. The van der Waals surface area contributed by atoms with Crippen LogP contribution in [0.5, 0.6) is 0 Å². The normalized spacial score (nSPS) is 24.5. The molecule has 0 aromatic carbocycles. The van der Waals surface area contributed by atoms with Gasteiger partial charge in [-0.1, -0.05) is 12.8 Å². The van der Waals surface area contributed by atoms with E-state index in [0.717, 1.165) is 62.9 Å². The molecule has 23 heavy (non-hydrogen) atoms. The minimum absolute atomic E-state index is 0.0171. The SMILES string of the molecule is Cc1cnccc1NC(=O)[C@@H]1CCCC[C@@H]1C(=O)N1CCCC1. The van der Waals surface area contributed by atoms with Gasteiger partial charge in [0, 0.05) is 43.0 Å². The number of nitrogens with one attached hydrogen (secondary N) is 1. The van der Waals surface area contributed by atoms with Gasteiger partial charge in [-0.15, -0.1) is 0 Å². The van der Waals surface area contributed by atoms with Gasteiger partial charge in [-0.25, -0.2) is 0 Å². The predicted molar refractivity (Wildman–Crippen MR) is 88.9 cm³/mol. The van der Waals surface area contributed by atoms with Crippen LogP contribution in [0.3, 0.4) is 0 Å². The number of rotatable bonds is 3. The zero-order valence-corrected chi connectivity index (χ0v) is 13.8. The van der Waals surface area contributed by atoms with Crippen molar-refractivity contribution in [2.24, 2.45) is 11.8 Å². The number of carbonyl (C=O) groups is 2. The Morgan fingerprint density at radius 3 is 2.52 bits per heavy atom. The summed E-state index contributed by atoms with van der Waals surface area (Å²) in [6.07, 6.45) is 9.30. The predicted octanol–water partition coefficient (Wildman–Crippen LogP) is 2.76. The molecule has 2 heterocycles. The molecular formula is C18H25N3O2. The largest absolute Gasteiger partial charge is 0.342 e. The van der Waals surface area contributed by atoms with E-state index in [9.17, 15) is 9.59 Å². The maximum Gasteiger partial charge on any atom is 0.228 e. The molecule has 2 aliphatic rings. The molecule has 0 radical (unpaired) electrons. The van der Waals surface area contributed by atoms with Gasteiger partial charge in [0.2, 0.25) is 11.8 Å². The number of likely N-dealkylation sites (tertiary alicyclic amines) is 1. The molecule has 5 heteroatoms. The number of pyridine rings is 1. The highest BCUT2D eigenvalue weighted by Gasteiger charge is 2.38. The van der Waals surface area contributed by atoms with Gasteiger partial charge in [0.15, 0.2) is 0 Å². The standard InChI is InChI=1S/C18H25N3O2/c1-13-12-19-9-8-16(13)20-17(22)14-6-2-3-7-15(14)18(23)21-10-4-5-11-21/h8-9,12,14-15H,2-7,10-11H2,1H3,(H,19,20,22)/t14-,15+/m1/s1. The first-order chi connectivity index (χ1) is 11.2. The lowest BCUT2D eigenvalue weighted by Gasteiger charge is -2.32. The molecule has 1 N–H and O–H groups in total. The lowest BCUT2D eigenvalue weighted by Crippen LogP contribution is -2.42. The molecule has 1 aromatic heterocycles. The Labute approximate surface area is 137 Å². The molecule has 5 nitrogen and oxygen atoms in total. The van der Waals surface area contributed by atoms with Gasteiger partial charge in [0.25, 0.3) is 0 Å². The fraction of sp³-hybridized carbons (Fsp3) is 0.611. The van der Waals surface area contributed by atoms with Crippen LogP contribution in [0, 0.1) is 18.8 Å². The smallest absolute Gasteiger partial charge is 0.228 e. The molecule has 1 saturated carbocycles. The van der Waals surface area contributed by atoms with E-state index in [4.69, 9.17) is 0 Å². The molecule has 1 aromatic rings. The van der Waals surface area contributed by atoms with Crippen LogP contribution in [-0.2, 0) is 9.59 Å². The van der Waals surface area contributed by atoms with Crippen LogP contribution in [-0.4, -0.2) is 34.8 Å². The number of nitrogens with zero attached hydrogens (tertiary/aromatic N) is 2. The second-order valence-electron chi connectivity index (χ2n) is 6.71. The van der Waals surface area contributed by atoms with E-state index in [0.29, 0.717) is 0 Å². The molecular weight excluding hydrogens is 290 g/mol. The number of amides is 2. The maximum atomic E-state index is 12.8. The highest BCUT2D eigenvalue weighted by molar-refractivity contribution is 5.96. The molecule has 1 saturated heterocycles. The van der Waals surface area contributed by atoms with Crippen molar-refractivity contribution in [3.63, 3.8) is 0 Å². The van der Waals surface area contributed by atoms with Crippen molar-refractivity contribution in [3.05, 3.63) is 24.0 Å². The van der Waals surface area contributed by atoms with Crippen LogP contribution in [0.1, 0.15) is 44.1 Å². The minimum Gasteiger partial charge on any atom is -0.342 e. The van der Waals surface area contributed by atoms with Gasteiger partial charge < -0.3 is 10.2 Å². The quantitative estimate of drug-likeness (QED) is 0.933. The summed E-state index contributed by atoms with van der Waals surface area (Å²) in [5.41, 5.74) is 1.74. The zero-order valence-electron chi connectivity index (χ0n) is 13.8. The van der Waals surface area contributed by atoms with E-state index >= 15 is 0 Å². The molecule has 1 aliphatic heterocycles. The first-order valence-electron chi connectivity index (χ1n) is 8.67. The molecule has 0 unspecified atom stereocenters. The molecule has 124 valence electrons. The van der Waals surface area contributed by atoms with E-state index < -0.39 is 0 Å². The maximum absolute atomic E-state index is 12.8. The van der Waals surface area contributed by atoms with Crippen molar-refractivity contribution >= 4 is 17.5 Å². The summed E-state index contributed by atoms with van der Waals surface area (Å²) >= 11 is 0. The van der Waals surface area contributed by atoms with Crippen LogP contribution >= 0.6 is 0 Å². The first-order valence-corrected chi connectivity index (χ1v) is 8.67. The highest BCUT2D eigenvalue weighted by atomic mass is 16.2. The average molecular weight is 315 g/mol. The van der Waals surface area contributed by atoms with Crippen LogP contribution in [0.2, 0.25) is 0 Å². The van der Waals surface area contributed by atoms with Gasteiger partial charge in [-0.2, -0.15) is 0 Å². The highest BCUT2D eigenvalue weighted by Crippen LogP contribution is 2.33. The lowest BCUT2D eigenvalue weighted by atomic mass is 9.77. The van der Waals surface area contributed by atoms with E-state index in [1.54, 1.807) is 12.4 Å². The fourth-order valence-corrected chi connectivity index (χ4v) is 3.75. The topological polar surface area (TPSA) is 62.3 Å². The van der Waals surface area contributed by atoms with Crippen molar-refractivity contribution in [3.8, 4) is 0 Å². The average Bonchev–Trinajstić information content (AvgIpc) is 3.11. The molecule has 2 amide bonds. The molecule has 3 rings (SSSR count). The minimum atomic E-state index is -0.204. The van der Waals surface area contributed by atoms with Gasteiger partial charge in [0.05, 0.1) is 0 Å². The van der Waals surface area contributed by atoms with Crippen molar-refractivity contribution < 1.29 is 9.59 Å². The molecule has 2 atom stereocenters. The van der Waals surface area contributed by atoms with Crippen molar-refractivity contribution in [1.29, 1.82) is 0 Å². The third-order valence-corrected chi connectivity index (χ3v) is 5.12. The monoisotopic (exact) mass is 315 g/mol. The third-order valence-electron chi connectivity index (χ3n) is 5.12. The van der Waals surface area contributed by atoms with E-state index in [1.165, 1.54) is 0 Å². The van der Waals surface area contributed by atoms with Gasteiger partial charge >= 0.3 is 0 Å². The van der Waals surface area contributed by atoms with E-state index in [1.807, 2.05) is 17.9 Å². The van der Waals surface area contributed by atoms with Gasteiger partial charge in [-0.05, 0) is 44.2 Å². The Bertz CT molecular complexity index is 581. The molecule has 0 spiro atoms. The summed E-state index contributed by atoms with van der Waals surface area (Å²) < 4.78 is 0. The zero-order chi connectivity index (χ0) is 16.2. The van der Waals surface area contributed by atoms with Gasteiger partial charge in [0.1, 0.15) is 0 Å². The Kier molecular flexibility index (Phi) is 4.94. The van der Waals surface area contributed by atoms with E-state index in [-0.39, 0.29) is 23.7 Å². The Morgan fingerprint density at radius 1 is 1.13 bits per heavy atom. The number of carbonyl (C=O) groups excluding carboxylic acids is 2. The summed E-state index contributed by atoms with van der Waals surface area (Å²) in [4.78, 5) is 31.5. The van der Waals surface area contributed by atoms with Crippen LogP contribution in [0.4, 0.5) is 5.69 Å². The second-order valence-corrected chi connectivity index (χ2v) is 6.71. The van der Waals surface area contributed by atoms with Crippen molar-refractivity contribution in [2.75, 3.05) is 18.4 Å². The summed E-state index contributed by atoms with van der Waals surface area (Å²) in [7, 11) is 0. The first kappa shape index (κ1) is 16.0. The Hall–Kier alpha value is -1.91. The second kappa shape index (κ2) is 7.11. The fourth-order valence-electron chi connectivity index (χ4n) is 3.75. The van der Waals surface area contributed by atoms with Crippen molar-refractivity contribution in [1.82, 2.24) is 9.88 Å². The van der Waals surface area contributed by atoms with Crippen molar-refractivity contribution in [2.45, 2.75) is 45.4 Å². The Balaban J connectivity index is 1.71. The Morgan fingerprint density at radius 2 is 1.83 bits per heavy atom. The number of anilines is 1. The summed E-state index contributed by atoms with van der Waals surface area (Å²) in [6, 6.07) is 1.81. The summed E-state index contributed by atoms with van der Waals surface area (Å²) in [5.74, 6) is -0.182. The summed E-state index contributed by atoms with van der Waals surface area (Å²) in [5, 5.41) is 3.01. The van der Waals surface area contributed by atoms with Gasteiger partial charge in [-0.3, -0.25) is 14.6 Å². The lowest BCUT2D eigenvalue weighted by molar-refractivity contribution is -0.141. The summed E-state index contributed by atoms with van der Waals surface area (Å²) in [6.45, 7) is 3.64. The third kappa shape index (κ3) is 3.54. The van der Waals surface area contributed by atoms with Crippen LogP contribution in [0.15, 0.2) is 18.5 Å². The molecule has 1 aliphatic carbocycles. The number of aromatic nitrogens is 1. The number of hydrogen-bond acceptors (Lipinski definition) is 3. The number of aryl methyl sites for hydroxylation is 1. The van der Waals surface area contributed by atoms with Crippen LogP contribution in [0.25, 0.3) is 0 Å².